The van der Waals surface area contributed by atoms with Crippen molar-refractivity contribution in [2.24, 2.45) is 0 Å². The second-order valence-electron chi connectivity index (χ2n) is 5.83. The second-order valence-corrected chi connectivity index (χ2v) is 6.92. The van der Waals surface area contributed by atoms with Gasteiger partial charge in [-0.1, -0.05) is 30.0 Å². The Morgan fingerprint density at radius 1 is 1.14 bits per heavy atom. The van der Waals surface area contributed by atoms with Gasteiger partial charge in [0.2, 0.25) is 0 Å². The minimum absolute atomic E-state index is 0.220. The number of aromatic amines is 1. The number of nitrogens with zero attached hydrogens (tertiary/aromatic N) is 4. The molecule has 0 aliphatic heterocycles. The summed E-state index contributed by atoms with van der Waals surface area (Å²) in [5, 5.41) is 14.1. The molecule has 2 aromatic carbocycles. The minimum atomic E-state index is -0.220. The highest BCUT2D eigenvalue weighted by Gasteiger charge is 2.11. The highest BCUT2D eigenvalue weighted by Crippen LogP contribution is 2.18. The SMILES string of the molecule is N#Cc1ccc(OCCSc2nc3c(cnn3-c3ccccc3)c(=O)[nH]2)cc1. The lowest BCUT2D eigenvalue weighted by atomic mass is 10.2. The van der Waals surface area contributed by atoms with Crippen molar-refractivity contribution in [3.05, 3.63) is 76.7 Å². The number of rotatable bonds is 6. The van der Waals surface area contributed by atoms with Crippen LogP contribution in [0.1, 0.15) is 5.56 Å². The zero-order valence-corrected chi connectivity index (χ0v) is 15.5. The minimum Gasteiger partial charge on any atom is -0.493 e. The number of ether oxygens (including phenoxy) is 1. The summed E-state index contributed by atoms with van der Waals surface area (Å²) in [6, 6.07) is 18.6. The third-order valence-corrected chi connectivity index (χ3v) is 4.83. The molecular weight excluding hydrogens is 374 g/mol. The van der Waals surface area contributed by atoms with Crippen LogP contribution in [0, 0.1) is 11.3 Å². The van der Waals surface area contributed by atoms with Crippen LogP contribution in [0.15, 0.2) is 70.7 Å². The van der Waals surface area contributed by atoms with E-state index in [4.69, 9.17) is 10.00 Å². The molecule has 0 bridgehead atoms. The number of para-hydroxylation sites is 1. The smallest absolute Gasteiger partial charge is 0.262 e. The molecule has 8 heteroatoms. The van der Waals surface area contributed by atoms with E-state index >= 15 is 0 Å². The molecule has 138 valence electrons. The average Bonchev–Trinajstić information content (AvgIpc) is 3.17. The summed E-state index contributed by atoms with van der Waals surface area (Å²) in [5.41, 5.74) is 1.73. The Balaban J connectivity index is 1.46. The van der Waals surface area contributed by atoms with Crippen LogP contribution in [-0.2, 0) is 0 Å². The molecule has 7 nitrogen and oxygen atoms in total. The van der Waals surface area contributed by atoms with Crippen LogP contribution >= 0.6 is 11.8 Å². The molecule has 2 aromatic heterocycles. The molecule has 0 aliphatic rings. The Hall–Kier alpha value is -3.57. The molecule has 0 unspecified atom stereocenters. The molecule has 0 saturated heterocycles. The van der Waals surface area contributed by atoms with Crippen molar-refractivity contribution in [3.63, 3.8) is 0 Å². The lowest BCUT2D eigenvalue weighted by Crippen LogP contribution is -2.10. The van der Waals surface area contributed by atoms with Crippen molar-refractivity contribution >= 4 is 22.8 Å². The van der Waals surface area contributed by atoms with E-state index in [0.717, 1.165) is 5.69 Å². The van der Waals surface area contributed by atoms with Crippen molar-refractivity contribution in [1.82, 2.24) is 19.7 Å². The molecular formula is C20H15N5O2S. The molecule has 4 aromatic rings. The average molecular weight is 389 g/mol. The fraction of sp³-hybridized carbons (Fsp3) is 0.100. The van der Waals surface area contributed by atoms with Gasteiger partial charge in [-0.2, -0.15) is 10.4 Å². The quantitative estimate of drug-likeness (QED) is 0.309. The molecule has 4 rings (SSSR count). The van der Waals surface area contributed by atoms with Gasteiger partial charge in [0.15, 0.2) is 10.8 Å². The predicted octanol–water partition coefficient (Wildman–Crippen LogP) is 3.15. The van der Waals surface area contributed by atoms with Crippen LogP contribution in [0.2, 0.25) is 0 Å². The number of aromatic nitrogens is 4. The molecule has 0 saturated carbocycles. The van der Waals surface area contributed by atoms with Crippen LogP contribution in [0.4, 0.5) is 0 Å². The predicted molar refractivity (Wildman–Crippen MR) is 107 cm³/mol. The topological polar surface area (TPSA) is 96.6 Å². The van der Waals surface area contributed by atoms with Gasteiger partial charge in [-0.15, -0.1) is 0 Å². The first-order chi connectivity index (χ1) is 13.7. The van der Waals surface area contributed by atoms with Gasteiger partial charge in [0.25, 0.3) is 5.56 Å². The monoisotopic (exact) mass is 389 g/mol. The van der Waals surface area contributed by atoms with Gasteiger partial charge in [0.1, 0.15) is 11.1 Å². The number of benzene rings is 2. The number of nitriles is 1. The van der Waals surface area contributed by atoms with Crippen molar-refractivity contribution < 1.29 is 4.74 Å². The molecule has 0 radical (unpaired) electrons. The third-order valence-electron chi connectivity index (χ3n) is 3.99. The molecule has 0 aliphatic carbocycles. The van der Waals surface area contributed by atoms with Gasteiger partial charge < -0.3 is 9.72 Å². The summed E-state index contributed by atoms with van der Waals surface area (Å²) < 4.78 is 7.31. The maximum Gasteiger partial charge on any atom is 0.262 e. The molecule has 2 heterocycles. The number of hydrogen-bond acceptors (Lipinski definition) is 6. The maximum atomic E-state index is 12.3. The summed E-state index contributed by atoms with van der Waals surface area (Å²) >= 11 is 1.40. The highest BCUT2D eigenvalue weighted by molar-refractivity contribution is 7.99. The van der Waals surface area contributed by atoms with Crippen molar-refractivity contribution in [3.8, 4) is 17.5 Å². The van der Waals surface area contributed by atoms with Crippen LogP contribution < -0.4 is 10.3 Å². The third kappa shape index (κ3) is 3.75. The summed E-state index contributed by atoms with van der Waals surface area (Å²) in [6.45, 7) is 0.441. The van der Waals surface area contributed by atoms with E-state index in [9.17, 15) is 4.79 Å². The fourth-order valence-electron chi connectivity index (χ4n) is 2.65. The summed E-state index contributed by atoms with van der Waals surface area (Å²) in [4.78, 5) is 19.7. The van der Waals surface area contributed by atoms with Crippen LogP contribution in [0.25, 0.3) is 16.7 Å². The summed E-state index contributed by atoms with van der Waals surface area (Å²) in [7, 11) is 0. The Labute approximate surface area is 164 Å². The van der Waals surface area contributed by atoms with E-state index in [0.29, 0.717) is 39.9 Å². The zero-order valence-electron chi connectivity index (χ0n) is 14.7. The first kappa shape index (κ1) is 17.8. The lowest BCUT2D eigenvalue weighted by Gasteiger charge is -2.06. The molecule has 1 N–H and O–H groups in total. The first-order valence-electron chi connectivity index (χ1n) is 8.54. The van der Waals surface area contributed by atoms with E-state index in [1.807, 2.05) is 30.3 Å². The van der Waals surface area contributed by atoms with E-state index in [1.165, 1.54) is 18.0 Å². The Bertz CT molecular complexity index is 1190. The second kappa shape index (κ2) is 7.98. The summed E-state index contributed by atoms with van der Waals surface area (Å²) in [6.07, 6.45) is 1.52. The van der Waals surface area contributed by atoms with Gasteiger partial charge in [0.05, 0.1) is 30.1 Å². The van der Waals surface area contributed by atoms with Crippen LogP contribution in [0.5, 0.6) is 5.75 Å². The van der Waals surface area contributed by atoms with Gasteiger partial charge >= 0.3 is 0 Å². The van der Waals surface area contributed by atoms with E-state index in [2.05, 4.69) is 21.1 Å². The number of thioether (sulfide) groups is 1. The normalized spacial score (nSPS) is 10.7. The van der Waals surface area contributed by atoms with E-state index < -0.39 is 0 Å². The number of fused-ring (bicyclic) bond motifs is 1. The molecule has 0 fully saturated rings. The number of hydrogen-bond donors (Lipinski definition) is 1. The van der Waals surface area contributed by atoms with Gasteiger partial charge in [-0.3, -0.25) is 4.79 Å². The maximum absolute atomic E-state index is 12.3. The molecule has 0 spiro atoms. The Morgan fingerprint density at radius 2 is 1.93 bits per heavy atom. The van der Waals surface area contributed by atoms with Crippen molar-refractivity contribution in [2.45, 2.75) is 5.16 Å². The number of nitrogens with one attached hydrogen (secondary N) is 1. The molecule has 0 atom stereocenters. The lowest BCUT2D eigenvalue weighted by molar-refractivity contribution is 0.344. The fourth-order valence-corrected chi connectivity index (χ4v) is 3.32. The number of H-pyrrole nitrogens is 1. The van der Waals surface area contributed by atoms with Crippen LogP contribution in [-0.4, -0.2) is 32.1 Å². The molecule has 28 heavy (non-hydrogen) atoms. The van der Waals surface area contributed by atoms with E-state index in [-0.39, 0.29) is 5.56 Å². The van der Waals surface area contributed by atoms with Crippen molar-refractivity contribution in [1.29, 1.82) is 5.26 Å². The van der Waals surface area contributed by atoms with Gasteiger partial charge in [-0.25, -0.2) is 9.67 Å². The Kier molecular flexibility index (Phi) is 5.08. The molecule has 0 amide bonds. The van der Waals surface area contributed by atoms with Crippen molar-refractivity contribution in [2.75, 3.05) is 12.4 Å². The Morgan fingerprint density at radius 3 is 2.68 bits per heavy atom. The van der Waals surface area contributed by atoms with Gasteiger partial charge in [0, 0.05) is 5.75 Å². The largest absolute Gasteiger partial charge is 0.493 e. The standard InChI is InChI=1S/C20H15N5O2S/c21-12-14-6-8-16(9-7-14)27-10-11-28-20-23-18-17(19(26)24-20)13-22-25(18)15-4-2-1-3-5-15/h1-9,13H,10-11H2,(H,23,24,26). The van der Waals surface area contributed by atoms with Gasteiger partial charge in [-0.05, 0) is 36.4 Å². The zero-order chi connectivity index (χ0) is 19.3. The highest BCUT2D eigenvalue weighted by atomic mass is 32.2. The van der Waals surface area contributed by atoms with Crippen LogP contribution in [0.3, 0.4) is 0 Å². The summed E-state index contributed by atoms with van der Waals surface area (Å²) in [5.74, 6) is 1.30. The first-order valence-corrected chi connectivity index (χ1v) is 9.52. The van der Waals surface area contributed by atoms with E-state index in [1.54, 1.807) is 28.9 Å².